The molecule has 0 amide bonds. The first-order valence-electron chi connectivity index (χ1n) is 0.535. The third-order valence-electron chi connectivity index (χ3n) is 0. The molecule has 0 bridgehead atoms. The van der Waals surface area contributed by atoms with E-state index in [1.54, 1.807) is 0 Å². The van der Waals surface area contributed by atoms with Gasteiger partial charge < -0.3 is 0 Å². The van der Waals surface area contributed by atoms with Gasteiger partial charge in [-0.1, -0.05) is 0 Å². The fourth-order valence-electron chi connectivity index (χ4n) is 0. The number of hydrogen-bond acceptors (Lipinski definition) is 0. The Labute approximate surface area is 111 Å². The molecule has 0 aliphatic rings. The summed E-state index contributed by atoms with van der Waals surface area (Å²) in [5.41, 5.74) is 0. The molecule has 0 aromatic carbocycles. The Morgan fingerprint density at radius 3 is 1.20 bits per heavy atom. The van der Waals surface area contributed by atoms with Crippen LogP contribution in [0.1, 0.15) is 0 Å². The zero-order valence-corrected chi connectivity index (χ0v) is 10.7. The van der Waals surface area contributed by atoms with Crippen LogP contribution >= 0.6 is 54.0 Å². The monoisotopic (exact) mass is 464 g/mol. The van der Waals surface area contributed by atoms with E-state index in [4.69, 9.17) is 0 Å². The summed E-state index contributed by atoms with van der Waals surface area (Å²) in [6.45, 7) is 0. The molecule has 0 saturated heterocycles. The van der Waals surface area contributed by atoms with Gasteiger partial charge in [0.05, 0.1) is 0 Å². The molecule has 0 heterocycles. The van der Waals surface area contributed by atoms with Crippen molar-refractivity contribution in [1.82, 2.24) is 0 Å². The molecule has 0 aliphatic heterocycles. The Bertz CT molecular complexity index is 4.85. The molecule has 0 fully saturated rings. The van der Waals surface area contributed by atoms with Gasteiger partial charge in [-0.2, -0.15) is 0 Å². The van der Waals surface area contributed by atoms with Crippen molar-refractivity contribution < 1.29 is 0 Å². The van der Waals surface area contributed by atoms with E-state index in [9.17, 15) is 0 Å². The van der Waals surface area contributed by atoms with Crippen molar-refractivity contribution in [2.45, 2.75) is 0 Å². The molecular weight excluding hydrogens is 461 g/mol. The van der Waals surface area contributed by atoms with Gasteiger partial charge in [-0.05, 0) is 0 Å². The summed E-state index contributed by atoms with van der Waals surface area (Å²) in [7, 11) is 0. The second-order valence-electron chi connectivity index (χ2n) is 0.101. The molecule has 0 nitrogen and oxygen atoms in total. The van der Waals surface area contributed by atoms with Crippen molar-refractivity contribution in [3.05, 3.63) is 0 Å². The SMILES string of the molecule is I.[CaH2].[I][Ca][I]. The Hall–Kier alpha value is 4.71. The van der Waals surface area contributed by atoms with Gasteiger partial charge in [-0.3, -0.25) is 0 Å². The van der Waals surface area contributed by atoms with E-state index in [1.165, 1.54) is 0 Å². The van der Waals surface area contributed by atoms with Crippen molar-refractivity contribution in [2.24, 2.45) is 0 Å². The van der Waals surface area contributed by atoms with E-state index in [0.29, 0.717) is 0 Å². The summed E-state index contributed by atoms with van der Waals surface area (Å²) in [6.07, 6.45) is 0. The third kappa shape index (κ3) is 17.7. The molecular formula is H3Ca2I3. The first kappa shape index (κ1) is 16.4. The van der Waals surface area contributed by atoms with Crippen LogP contribution in [0.4, 0.5) is 0 Å². The van der Waals surface area contributed by atoms with Crippen molar-refractivity contribution in [1.29, 1.82) is 0 Å². The van der Waals surface area contributed by atoms with Crippen molar-refractivity contribution in [2.75, 3.05) is 0 Å². The van der Waals surface area contributed by atoms with E-state index >= 15 is 0 Å². The summed E-state index contributed by atoms with van der Waals surface area (Å²) < 4.78 is 0. The second-order valence-corrected chi connectivity index (χ2v) is 18.7. The summed E-state index contributed by atoms with van der Waals surface area (Å²) >= 11 is 4.99. The first-order valence-corrected chi connectivity index (χ1v) is 14.8. The summed E-state index contributed by atoms with van der Waals surface area (Å²) in [5.74, 6) is 0. The van der Waals surface area contributed by atoms with Gasteiger partial charge in [0.2, 0.25) is 0 Å². The standard InChI is InChI=1S/2Ca.3HI.2H/h;;3*1H;;/q;+2;;;;;/p-2. The maximum atomic E-state index is 2.46. The van der Waals surface area contributed by atoms with Crippen LogP contribution in [0.25, 0.3) is 0 Å². The van der Waals surface area contributed by atoms with Gasteiger partial charge in [0.25, 0.3) is 0 Å². The van der Waals surface area contributed by atoms with Crippen LogP contribution in [-0.4, -0.2) is 61.2 Å². The molecule has 5 heteroatoms. The normalized spacial score (nSPS) is 2.00. The molecule has 0 rings (SSSR count). The minimum absolute atomic E-state index is 0. The molecule has 0 aliphatic carbocycles. The zero-order chi connectivity index (χ0) is 2.71. The second kappa shape index (κ2) is 15.9. The van der Waals surface area contributed by atoms with Gasteiger partial charge in [0.15, 0.2) is 0 Å². The van der Waals surface area contributed by atoms with Crippen LogP contribution in [-0.2, 0) is 0 Å². The van der Waals surface area contributed by atoms with Crippen LogP contribution in [0.2, 0.25) is 0 Å². The predicted molar refractivity (Wildman–Crippen MR) is 57.8 cm³/mol. The zero-order valence-electron chi connectivity index (χ0n) is 1.87. The summed E-state index contributed by atoms with van der Waals surface area (Å²) in [5, 5.41) is 0. The Morgan fingerprint density at radius 1 is 1.20 bits per heavy atom. The molecule has 0 saturated carbocycles. The van der Waals surface area contributed by atoms with Crippen LogP contribution in [0.5, 0.6) is 0 Å². The molecule has 5 heavy (non-hydrogen) atoms. The van der Waals surface area contributed by atoms with Crippen molar-refractivity contribution in [3.63, 3.8) is 0 Å². The molecule has 0 spiro atoms. The van der Waals surface area contributed by atoms with Crippen LogP contribution < -0.4 is 0 Å². The van der Waals surface area contributed by atoms with Crippen molar-refractivity contribution in [3.8, 4) is 0 Å². The fourth-order valence-corrected chi connectivity index (χ4v) is 0. The average Bonchev–Trinajstić information content (AvgIpc) is 0.918. The van der Waals surface area contributed by atoms with Gasteiger partial charge in [0, 0.05) is 0 Å². The van der Waals surface area contributed by atoms with Crippen LogP contribution in [0, 0.1) is 0 Å². The van der Waals surface area contributed by atoms with E-state index in [0.717, 1.165) is 0 Å². The average molecular weight is 464 g/mol. The molecule has 0 N–H and O–H groups in total. The van der Waals surface area contributed by atoms with Gasteiger partial charge >= 0.3 is 91.2 Å². The minimum atomic E-state index is 0. The van der Waals surface area contributed by atoms with Gasteiger partial charge in [0.1, 0.15) is 0 Å². The number of rotatable bonds is 0. The van der Waals surface area contributed by atoms with Crippen LogP contribution in [0.3, 0.4) is 0 Å². The van der Waals surface area contributed by atoms with Crippen molar-refractivity contribution >= 4 is 115 Å². The summed E-state index contributed by atoms with van der Waals surface area (Å²) in [6, 6.07) is 0. The number of halogens is 3. The fraction of sp³-hybridized carbons (Fsp3) is 0. The van der Waals surface area contributed by atoms with Gasteiger partial charge in [-0.15, -0.1) is 24.0 Å². The molecule has 0 aromatic heterocycles. The quantitative estimate of drug-likeness (QED) is 0.373. The summed E-state index contributed by atoms with van der Waals surface area (Å²) in [4.78, 5) is 0. The number of hydrogen-bond donors (Lipinski definition) is 0. The Kier molecular flexibility index (Phi) is 52.0. The van der Waals surface area contributed by atoms with Gasteiger partial charge in [-0.25, -0.2) is 0 Å². The molecule has 0 aromatic rings. The molecule has 0 atom stereocenters. The van der Waals surface area contributed by atoms with E-state index < -0.39 is 0 Å². The third-order valence-corrected chi connectivity index (χ3v) is 0. The van der Waals surface area contributed by atoms with E-state index in [-0.39, 0.29) is 85.1 Å². The Balaban J connectivity index is -0.0000000200. The predicted octanol–water partition coefficient (Wildman–Crippen LogP) is 1.09. The first-order chi connectivity index (χ1) is 1.41. The van der Waals surface area contributed by atoms with E-state index in [2.05, 4.69) is 30.0 Å². The molecule has 0 radical (unpaired) electrons. The van der Waals surface area contributed by atoms with E-state index in [1.807, 2.05) is 0 Å². The maximum absolute atomic E-state index is 2.46. The molecule has 0 unspecified atom stereocenters. The molecule has 28 valence electrons. The topological polar surface area (TPSA) is 0 Å². The Morgan fingerprint density at radius 2 is 1.20 bits per heavy atom. The van der Waals surface area contributed by atoms with Crippen LogP contribution in [0.15, 0.2) is 0 Å².